The van der Waals surface area contributed by atoms with E-state index in [9.17, 15) is 9.59 Å². The number of likely N-dealkylation sites (N-methyl/N-ethyl adjacent to an activating group) is 1. The number of hydrogen-bond acceptors (Lipinski definition) is 5. The highest BCUT2D eigenvalue weighted by molar-refractivity contribution is 5.78. The molecule has 1 aliphatic heterocycles. The number of rotatable bonds is 4. The molecule has 23 heavy (non-hydrogen) atoms. The molecule has 0 saturated carbocycles. The summed E-state index contributed by atoms with van der Waals surface area (Å²) in [6, 6.07) is 5.27. The highest BCUT2D eigenvalue weighted by Crippen LogP contribution is 2.15. The zero-order chi connectivity index (χ0) is 16.4. The van der Waals surface area contributed by atoms with E-state index in [4.69, 9.17) is 4.42 Å². The van der Waals surface area contributed by atoms with Crippen molar-refractivity contribution >= 4 is 5.91 Å². The van der Waals surface area contributed by atoms with Crippen LogP contribution in [0.5, 0.6) is 0 Å². The van der Waals surface area contributed by atoms with Crippen LogP contribution in [0.1, 0.15) is 17.0 Å². The van der Waals surface area contributed by atoms with Crippen LogP contribution < -0.4 is 5.56 Å². The molecule has 7 heteroatoms. The lowest BCUT2D eigenvalue weighted by Crippen LogP contribution is -2.41. The zero-order valence-electron chi connectivity index (χ0n) is 13.4. The predicted octanol–water partition coefficient (Wildman–Crippen LogP) is 0.390. The van der Waals surface area contributed by atoms with Crippen LogP contribution in [0, 0.1) is 0 Å². The largest absolute Gasteiger partial charge is 0.467 e. The van der Waals surface area contributed by atoms with Gasteiger partial charge in [-0.2, -0.15) is 5.10 Å². The van der Waals surface area contributed by atoms with E-state index in [2.05, 4.69) is 5.10 Å². The lowest BCUT2D eigenvalue weighted by atomic mass is 10.1. The molecule has 1 amide bonds. The van der Waals surface area contributed by atoms with Crippen LogP contribution in [-0.4, -0.2) is 45.6 Å². The third kappa shape index (κ3) is 3.50. The first-order valence-electron chi connectivity index (χ1n) is 7.58. The third-order valence-electron chi connectivity index (χ3n) is 4.07. The van der Waals surface area contributed by atoms with Gasteiger partial charge in [0.05, 0.1) is 25.0 Å². The van der Waals surface area contributed by atoms with Gasteiger partial charge in [-0.05, 0) is 17.7 Å². The highest BCUT2D eigenvalue weighted by atomic mass is 16.3. The number of fused-ring (bicyclic) bond motifs is 1. The Hall–Kier alpha value is -2.41. The van der Waals surface area contributed by atoms with Crippen molar-refractivity contribution in [1.82, 2.24) is 19.6 Å². The van der Waals surface area contributed by atoms with Crippen LogP contribution in [0.2, 0.25) is 0 Å². The summed E-state index contributed by atoms with van der Waals surface area (Å²) in [5, 5.41) is 4.28. The van der Waals surface area contributed by atoms with E-state index in [0.717, 1.165) is 30.0 Å². The molecular formula is C16H20N4O3. The van der Waals surface area contributed by atoms with Gasteiger partial charge in [0, 0.05) is 39.7 Å². The number of amides is 1. The van der Waals surface area contributed by atoms with Crippen LogP contribution in [0.4, 0.5) is 0 Å². The Labute approximate surface area is 134 Å². The smallest absolute Gasteiger partial charge is 0.266 e. The second kappa shape index (κ2) is 6.37. The minimum Gasteiger partial charge on any atom is -0.467 e. The van der Waals surface area contributed by atoms with Crippen molar-refractivity contribution < 1.29 is 9.21 Å². The second-order valence-corrected chi connectivity index (χ2v) is 5.87. The molecule has 3 heterocycles. The third-order valence-corrected chi connectivity index (χ3v) is 4.07. The maximum atomic E-state index is 12.3. The number of aryl methyl sites for hydroxylation is 1. The number of nitrogens with zero attached hydrogens (tertiary/aromatic N) is 4. The fourth-order valence-corrected chi connectivity index (χ4v) is 2.72. The minimum absolute atomic E-state index is 0.0293. The maximum absolute atomic E-state index is 12.3. The van der Waals surface area contributed by atoms with E-state index in [1.165, 1.54) is 4.68 Å². The van der Waals surface area contributed by atoms with Crippen molar-refractivity contribution in [2.24, 2.45) is 7.05 Å². The quantitative estimate of drug-likeness (QED) is 0.816. The van der Waals surface area contributed by atoms with Crippen LogP contribution >= 0.6 is 0 Å². The highest BCUT2D eigenvalue weighted by Gasteiger charge is 2.22. The van der Waals surface area contributed by atoms with E-state index >= 15 is 0 Å². The Kier molecular flexibility index (Phi) is 4.29. The van der Waals surface area contributed by atoms with Crippen molar-refractivity contribution in [3.8, 4) is 0 Å². The van der Waals surface area contributed by atoms with Crippen LogP contribution in [0.15, 0.2) is 33.7 Å². The Morgan fingerprint density at radius 2 is 2.30 bits per heavy atom. The molecule has 0 atom stereocenters. The maximum Gasteiger partial charge on any atom is 0.266 e. The predicted molar refractivity (Wildman–Crippen MR) is 83.6 cm³/mol. The van der Waals surface area contributed by atoms with Crippen LogP contribution in [0.25, 0.3) is 0 Å². The Balaban J connectivity index is 1.61. The van der Waals surface area contributed by atoms with Gasteiger partial charge >= 0.3 is 0 Å². The fraction of sp³-hybridized carbons (Fsp3) is 0.438. The van der Waals surface area contributed by atoms with Gasteiger partial charge < -0.3 is 9.32 Å². The van der Waals surface area contributed by atoms with Gasteiger partial charge in [0.25, 0.3) is 5.56 Å². The number of carbonyl (C=O) groups is 1. The van der Waals surface area contributed by atoms with Crippen molar-refractivity contribution in [3.05, 3.63) is 51.8 Å². The molecule has 0 spiro atoms. The summed E-state index contributed by atoms with van der Waals surface area (Å²) in [7, 11) is 3.42. The molecule has 122 valence electrons. The first-order chi connectivity index (χ1) is 11.0. The van der Waals surface area contributed by atoms with Crippen molar-refractivity contribution in [2.45, 2.75) is 19.5 Å². The molecule has 0 N–H and O–H groups in total. The van der Waals surface area contributed by atoms with Gasteiger partial charge in [0.1, 0.15) is 5.76 Å². The zero-order valence-corrected chi connectivity index (χ0v) is 13.4. The Bertz CT molecular complexity index is 751. The summed E-state index contributed by atoms with van der Waals surface area (Å²) >= 11 is 0. The molecule has 2 aromatic heterocycles. The lowest BCUT2D eigenvalue weighted by molar-refractivity contribution is -0.132. The van der Waals surface area contributed by atoms with E-state index < -0.39 is 0 Å². The summed E-state index contributed by atoms with van der Waals surface area (Å²) < 4.78 is 6.62. The molecule has 0 radical (unpaired) electrons. The topological polar surface area (TPSA) is 71.6 Å². The second-order valence-electron chi connectivity index (χ2n) is 5.87. The molecule has 2 aromatic rings. The van der Waals surface area contributed by atoms with Gasteiger partial charge in [-0.15, -0.1) is 0 Å². The van der Waals surface area contributed by atoms with Crippen LogP contribution in [-0.2, 0) is 31.4 Å². The Morgan fingerprint density at radius 3 is 3.04 bits per heavy atom. The van der Waals surface area contributed by atoms with Gasteiger partial charge in [-0.3, -0.25) is 14.5 Å². The molecule has 0 aliphatic carbocycles. The number of carbonyl (C=O) groups excluding carboxylic acids is 1. The molecule has 0 bridgehead atoms. The average Bonchev–Trinajstić information content (AvgIpc) is 3.01. The summed E-state index contributed by atoms with van der Waals surface area (Å²) in [4.78, 5) is 27.7. The SMILES string of the molecule is CN(Cc1ccco1)C(=O)CN1CCc2nn(C)c(=O)cc2C1. The first kappa shape index (κ1) is 15.5. The van der Waals surface area contributed by atoms with E-state index in [1.807, 2.05) is 17.0 Å². The number of furan rings is 1. The monoisotopic (exact) mass is 316 g/mol. The van der Waals surface area contributed by atoms with E-state index in [0.29, 0.717) is 19.6 Å². The molecular weight excluding hydrogens is 296 g/mol. The number of hydrogen-bond donors (Lipinski definition) is 0. The summed E-state index contributed by atoms with van der Waals surface area (Å²) in [5.41, 5.74) is 1.74. The average molecular weight is 316 g/mol. The standard InChI is InChI=1S/C16H20N4O3/c1-18(10-13-4-3-7-23-13)16(22)11-20-6-5-14-12(9-20)8-15(21)19(2)17-14/h3-4,7-8H,5-6,9-11H2,1-2H3. The molecule has 1 aliphatic rings. The molecule has 0 saturated heterocycles. The van der Waals surface area contributed by atoms with Crippen LogP contribution in [0.3, 0.4) is 0 Å². The lowest BCUT2D eigenvalue weighted by Gasteiger charge is -2.29. The van der Waals surface area contributed by atoms with E-state index in [-0.39, 0.29) is 11.5 Å². The first-order valence-corrected chi connectivity index (χ1v) is 7.58. The molecule has 3 rings (SSSR count). The van der Waals surface area contributed by atoms with Crippen molar-refractivity contribution in [2.75, 3.05) is 20.1 Å². The molecule has 0 fully saturated rings. The Morgan fingerprint density at radius 1 is 1.48 bits per heavy atom. The van der Waals surface area contributed by atoms with E-state index in [1.54, 1.807) is 31.3 Å². The normalized spacial score (nSPS) is 14.5. The fourth-order valence-electron chi connectivity index (χ4n) is 2.72. The van der Waals surface area contributed by atoms with Gasteiger partial charge in [-0.1, -0.05) is 0 Å². The summed E-state index contributed by atoms with van der Waals surface area (Å²) in [6.07, 6.45) is 2.35. The molecule has 0 unspecified atom stereocenters. The number of aromatic nitrogens is 2. The van der Waals surface area contributed by atoms with Crippen molar-refractivity contribution in [1.29, 1.82) is 0 Å². The van der Waals surface area contributed by atoms with Gasteiger partial charge in [0.2, 0.25) is 5.91 Å². The summed E-state index contributed by atoms with van der Waals surface area (Å²) in [6.45, 7) is 2.13. The molecule has 0 aromatic carbocycles. The summed E-state index contributed by atoms with van der Waals surface area (Å²) in [5.74, 6) is 0.791. The van der Waals surface area contributed by atoms with Gasteiger partial charge in [-0.25, -0.2) is 4.68 Å². The van der Waals surface area contributed by atoms with Crippen molar-refractivity contribution in [3.63, 3.8) is 0 Å². The minimum atomic E-state index is -0.119. The molecule has 7 nitrogen and oxygen atoms in total. The van der Waals surface area contributed by atoms with Gasteiger partial charge in [0.15, 0.2) is 0 Å².